The number of benzene rings is 1. The molecule has 15 heteroatoms. The molecule has 1 aromatic carbocycles. The lowest BCUT2D eigenvalue weighted by Gasteiger charge is -2.35. The number of unbranched alkanes of at least 4 members (excludes halogenated alkanes) is 2. The summed E-state index contributed by atoms with van der Waals surface area (Å²) in [7, 11) is -3.53. The summed E-state index contributed by atoms with van der Waals surface area (Å²) >= 11 is 1.57. The Morgan fingerprint density at radius 2 is 1.78 bits per heavy atom. The molecule has 3 atom stereocenters. The molecule has 256 valence electrons. The molecule has 3 rings (SSSR count). The number of nitrogens with zero attached hydrogens (tertiary/aromatic N) is 2. The van der Waals surface area contributed by atoms with Crippen LogP contribution in [-0.2, 0) is 40.4 Å². The number of nitrogens with two attached hydrogens (primary N) is 1. The van der Waals surface area contributed by atoms with Gasteiger partial charge in [0, 0.05) is 32.7 Å². The maximum atomic E-state index is 13.7. The second-order valence-corrected chi connectivity index (χ2v) is 15.1. The van der Waals surface area contributed by atoms with E-state index in [2.05, 4.69) is 15.6 Å². The van der Waals surface area contributed by atoms with Crippen LogP contribution in [0.15, 0.2) is 29.8 Å². The van der Waals surface area contributed by atoms with Crippen molar-refractivity contribution in [3.05, 3.63) is 41.0 Å². The molecule has 1 saturated heterocycles. The number of aliphatic hydroxyl groups is 1. The van der Waals surface area contributed by atoms with Crippen molar-refractivity contribution in [1.82, 2.24) is 20.5 Å². The molecule has 1 aromatic heterocycles. The number of sulfonamides is 1. The Hall–Kier alpha value is -2.95. The van der Waals surface area contributed by atoms with E-state index >= 15 is 0 Å². The highest BCUT2D eigenvalue weighted by Crippen LogP contribution is 2.28. The first-order valence-corrected chi connectivity index (χ1v) is 18.0. The Morgan fingerprint density at radius 3 is 2.39 bits per heavy atom. The summed E-state index contributed by atoms with van der Waals surface area (Å²) in [4.78, 5) is 46.5. The van der Waals surface area contributed by atoms with Crippen molar-refractivity contribution in [2.45, 2.75) is 78.1 Å². The number of carbonyl (C=O) groups is 3. The summed E-state index contributed by atoms with van der Waals surface area (Å²) in [5, 5.41) is 21.0. The summed E-state index contributed by atoms with van der Waals surface area (Å²) in [5.74, 6) is -1.49. The second kappa shape index (κ2) is 17.3. The molecule has 46 heavy (non-hydrogen) atoms. The van der Waals surface area contributed by atoms with Crippen molar-refractivity contribution >= 4 is 39.1 Å². The number of likely N-dealkylation sites (tertiary alicyclic amines) is 1. The van der Waals surface area contributed by atoms with Crippen LogP contribution >= 0.6 is 11.3 Å². The second-order valence-electron chi connectivity index (χ2n) is 12.5. The van der Waals surface area contributed by atoms with Crippen molar-refractivity contribution in [1.29, 1.82) is 0 Å². The topological polar surface area (TPSA) is 190 Å². The molecular weight excluding hydrogens is 635 g/mol. The van der Waals surface area contributed by atoms with Crippen molar-refractivity contribution in [2.24, 2.45) is 10.6 Å². The van der Waals surface area contributed by atoms with E-state index in [4.69, 9.17) is 14.6 Å². The van der Waals surface area contributed by atoms with Gasteiger partial charge in [0.2, 0.25) is 27.7 Å². The van der Waals surface area contributed by atoms with E-state index in [9.17, 15) is 27.9 Å². The minimum absolute atomic E-state index is 0.00941. The molecule has 0 bridgehead atoms. The predicted octanol–water partition coefficient (Wildman–Crippen LogP) is 1.72. The lowest BCUT2D eigenvalue weighted by atomic mass is 9.85. The van der Waals surface area contributed by atoms with Gasteiger partial charge in [0.1, 0.15) is 18.7 Å². The zero-order valence-electron chi connectivity index (χ0n) is 27.0. The number of nitrogens with one attached hydrogen (secondary N) is 2. The molecule has 0 aliphatic carbocycles. The monoisotopic (exact) mass is 681 g/mol. The zero-order valence-corrected chi connectivity index (χ0v) is 28.6. The van der Waals surface area contributed by atoms with Gasteiger partial charge in [0.05, 0.1) is 34.5 Å². The minimum Gasteiger partial charge on any atom is -0.391 e. The Kier molecular flexibility index (Phi) is 14.1. The van der Waals surface area contributed by atoms with Crippen LogP contribution < -0.4 is 15.8 Å². The van der Waals surface area contributed by atoms with Crippen LogP contribution in [0.2, 0.25) is 0 Å². The molecule has 1 aliphatic heterocycles. The van der Waals surface area contributed by atoms with Crippen LogP contribution in [0.5, 0.6) is 0 Å². The highest BCUT2D eigenvalue weighted by molar-refractivity contribution is 7.89. The summed E-state index contributed by atoms with van der Waals surface area (Å²) in [6.45, 7) is 8.21. The molecule has 13 nitrogen and oxygen atoms in total. The van der Waals surface area contributed by atoms with E-state index < -0.39 is 45.4 Å². The highest BCUT2D eigenvalue weighted by Gasteiger charge is 2.44. The fourth-order valence-corrected chi connectivity index (χ4v) is 6.17. The number of β-amino-alcohol motifs (C(OH)–C–C–N with tert-alkyl or cyclic N) is 1. The van der Waals surface area contributed by atoms with Crippen molar-refractivity contribution in [3.63, 3.8) is 0 Å². The number of aryl methyl sites for hydroxylation is 1. The van der Waals surface area contributed by atoms with Crippen LogP contribution in [-0.4, -0.2) is 98.0 Å². The van der Waals surface area contributed by atoms with Crippen LogP contribution in [0.4, 0.5) is 0 Å². The normalized spacial score (nSPS) is 17.6. The van der Waals surface area contributed by atoms with Crippen molar-refractivity contribution < 1.29 is 37.4 Å². The third-order valence-corrected chi connectivity index (χ3v) is 9.25. The first-order chi connectivity index (χ1) is 21.7. The van der Waals surface area contributed by atoms with Gasteiger partial charge in [0.15, 0.2) is 0 Å². The summed E-state index contributed by atoms with van der Waals surface area (Å²) < 4.78 is 32.5. The molecule has 5 N–H and O–H groups in total. The maximum absolute atomic E-state index is 13.7. The summed E-state index contributed by atoms with van der Waals surface area (Å²) in [6.07, 6.45) is 1.38. The van der Waals surface area contributed by atoms with E-state index in [-0.39, 0.29) is 44.4 Å². The maximum Gasteiger partial charge on any atom is 0.246 e. The van der Waals surface area contributed by atoms with Crippen LogP contribution in [0.1, 0.15) is 57.7 Å². The number of rotatable bonds is 17. The van der Waals surface area contributed by atoms with Gasteiger partial charge < -0.3 is 30.1 Å². The zero-order chi connectivity index (χ0) is 33.9. The molecule has 3 amide bonds. The van der Waals surface area contributed by atoms with Gasteiger partial charge in [-0.05, 0) is 42.7 Å². The Morgan fingerprint density at radius 1 is 1.11 bits per heavy atom. The van der Waals surface area contributed by atoms with Gasteiger partial charge in [-0.1, -0.05) is 45.0 Å². The van der Waals surface area contributed by atoms with Crippen molar-refractivity contribution in [2.75, 3.05) is 38.7 Å². The average Bonchev–Trinajstić information content (AvgIpc) is 3.59. The fourth-order valence-electron chi connectivity index (χ4n) is 5.01. The lowest BCUT2D eigenvalue weighted by Crippen LogP contribution is -2.58. The van der Waals surface area contributed by atoms with E-state index in [1.165, 1.54) is 4.90 Å². The first-order valence-electron chi connectivity index (χ1n) is 15.4. The van der Waals surface area contributed by atoms with Gasteiger partial charge in [-0.15, -0.1) is 11.3 Å². The quantitative estimate of drug-likeness (QED) is 0.180. The number of primary sulfonamides is 1. The molecule has 1 fully saturated rings. The van der Waals surface area contributed by atoms with E-state index in [0.717, 1.165) is 28.1 Å². The Labute approximate surface area is 275 Å². The number of hydrogen-bond donors (Lipinski definition) is 4. The highest BCUT2D eigenvalue weighted by atomic mass is 32.2. The Balaban J connectivity index is 1.46. The van der Waals surface area contributed by atoms with Gasteiger partial charge in [-0.2, -0.15) is 0 Å². The molecule has 2 aromatic rings. The summed E-state index contributed by atoms with van der Waals surface area (Å²) in [5.41, 5.74) is 4.03. The number of ether oxygens (including phenoxy) is 2. The predicted molar refractivity (Wildman–Crippen MR) is 175 cm³/mol. The standard InChI is InChI=1S/C31H47N5O8S2/c1-21-27(45-20-34-21)23-10-8-22(9-11-23)17-33-29(39)25-16-24(37)18-36(25)30(40)28(31(2,3)4)35-26(38)19-44-13-7-5-6-12-43-14-15-46(32,41)42/h8-11,20,24-25,28,37H,5-7,12-19H2,1-4H3,(H,33,39)(H,35,38)(H2,32,41,42)/t24-,25-,28?/m0/s1. The van der Waals surface area contributed by atoms with E-state index in [1.807, 2.05) is 52.0 Å². The number of thiazole rings is 1. The minimum atomic E-state index is -3.53. The molecule has 2 heterocycles. The first kappa shape index (κ1) is 37.5. The largest absolute Gasteiger partial charge is 0.391 e. The van der Waals surface area contributed by atoms with Gasteiger partial charge in [-0.25, -0.2) is 18.5 Å². The van der Waals surface area contributed by atoms with Crippen LogP contribution in [0.25, 0.3) is 10.4 Å². The number of carbonyl (C=O) groups excluding carboxylic acids is 3. The SMILES string of the molecule is Cc1ncsc1-c1ccc(CNC(=O)[C@@H]2C[C@H](O)CN2C(=O)C(NC(=O)COCCCCCOCCS(N)(=O)=O)C(C)(C)C)cc1. The number of hydrogen-bond acceptors (Lipinski definition) is 10. The van der Waals surface area contributed by atoms with Gasteiger partial charge >= 0.3 is 0 Å². The van der Waals surface area contributed by atoms with Gasteiger partial charge in [0.25, 0.3) is 0 Å². The molecule has 0 saturated carbocycles. The van der Waals surface area contributed by atoms with Crippen LogP contribution in [0.3, 0.4) is 0 Å². The summed E-state index contributed by atoms with van der Waals surface area (Å²) in [6, 6.07) is 6.02. The number of amides is 3. The molecule has 1 unspecified atom stereocenters. The fraction of sp³-hybridized carbons (Fsp3) is 0.613. The molecule has 0 spiro atoms. The smallest absolute Gasteiger partial charge is 0.246 e. The average molecular weight is 682 g/mol. The molecule has 0 radical (unpaired) electrons. The van der Waals surface area contributed by atoms with Crippen molar-refractivity contribution in [3.8, 4) is 10.4 Å². The van der Waals surface area contributed by atoms with Crippen LogP contribution in [0, 0.1) is 12.3 Å². The molecular formula is C31H47N5O8S2. The third-order valence-electron chi connectivity index (χ3n) is 7.53. The number of aromatic nitrogens is 1. The van der Waals surface area contributed by atoms with E-state index in [0.29, 0.717) is 26.1 Å². The Bertz CT molecular complexity index is 1410. The lowest BCUT2D eigenvalue weighted by molar-refractivity contribution is -0.144. The third kappa shape index (κ3) is 12.0. The number of aliphatic hydroxyl groups excluding tert-OH is 1. The molecule has 1 aliphatic rings. The van der Waals surface area contributed by atoms with Gasteiger partial charge in [-0.3, -0.25) is 14.4 Å². The van der Waals surface area contributed by atoms with E-state index in [1.54, 1.807) is 16.8 Å².